The summed E-state index contributed by atoms with van der Waals surface area (Å²) in [6, 6.07) is 8.30. The minimum atomic E-state index is -1.16. The molecular formula is C26H30ClN7O6. The van der Waals surface area contributed by atoms with Crippen LogP contribution in [0.2, 0.25) is 5.15 Å². The van der Waals surface area contributed by atoms with Crippen molar-refractivity contribution in [2.24, 2.45) is 0 Å². The minimum absolute atomic E-state index is 0.0517. The molecule has 2 unspecified atom stereocenters. The first kappa shape index (κ1) is 28.8. The molecule has 2 atom stereocenters. The Bertz CT molecular complexity index is 1340. The summed E-state index contributed by atoms with van der Waals surface area (Å²) in [5, 5.41) is 12.0. The van der Waals surface area contributed by atoms with Crippen LogP contribution in [0.25, 0.3) is 5.95 Å². The van der Waals surface area contributed by atoms with Gasteiger partial charge in [0, 0.05) is 44.5 Å². The third-order valence-corrected chi connectivity index (χ3v) is 6.57. The summed E-state index contributed by atoms with van der Waals surface area (Å²) in [5.41, 5.74) is 0.883. The molecule has 1 aromatic carbocycles. The van der Waals surface area contributed by atoms with E-state index in [9.17, 15) is 14.4 Å². The number of amides is 2. The van der Waals surface area contributed by atoms with Crippen molar-refractivity contribution in [3.05, 3.63) is 59.8 Å². The average molecular weight is 572 g/mol. The molecule has 40 heavy (non-hydrogen) atoms. The van der Waals surface area contributed by atoms with Crippen LogP contribution in [0, 0.1) is 0 Å². The Morgan fingerprint density at radius 2 is 2.02 bits per heavy atom. The van der Waals surface area contributed by atoms with Gasteiger partial charge in [-0.1, -0.05) is 23.7 Å². The Morgan fingerprint density at radius 3 is 2.75 bits per heavy atom. The van der Waals surface area contributed by atoms with Crippen molar-refractivity contribution >= 4 is 35.2 Å². The van der Waals surface area contributed by atoms with Crippen molar-refractivity contribution < 1.29 is 29.0 Å². The van der Waals surface area contributed by atoms with E-state index >= 15 is 0 Å². The maximum atomic E-state index is 13.2. The van der Waals surface area contributed by atoms with Gasteiger partial charge in [-0.2, -0.15) is 4.98 Å². The minimum Gasteiger partial charge on any atom is -0.497 e. The van der Waals surface area contributed by atoms with Crippen LogP contribution in [0.5, 0.6) is 5.75 Å². The van der Waals surface area contributed by atoms with E-state index in [1.807, 2.05) is 36.1 Å². The lowest BCUT2D eigenvalue weighted by Gasteiger charge is -2.42. The third kappa shape index (κ3) is 7.45. The Morgan fingerprint density at radius 1 is 1.20 bits per heavy atom. The fourth-order valence-corrected chi connectivity index (χ4v) is 4.59. The fourth-order valence-electron chi connectivity index (χ4n) is 4.42. The van der Waals surface area contributed by atoms with Gasteiger partial charge in [0.1, 0.15) is 36.3 Å². The fraction of sp³-hybridized carbons (Fsp3) is 0.385. The molecule has 3 heterocycles. The van der Waals surface area contributed by atoms with E-state index in [0.29, 0.717) is 30.6 Å². The normalized spacial score (nSPS) is 15.9. The maximum Gasteiger partial charge on any atom is 0.329 e. The second-order valence-corrected chi connectivity index (χ2v) is 9.55. The zero-order valence-corrected chi connectivity index (χ0v) is 22.8. The van der Waals surface area contributed by atoms with E-state index in [1.165, 1.54) is 0 Å². The number of anilines is 1. The number of nitrogens with zero attached hydrogens (tertiary/aromatic N) is 6. The van der Waals surface area contributed by atoms with Gasteiger partial charge in [0.05, 0.1) is 19.2 Å². The monoisotopic (exact) mass is 571 g/mol. The van der Waals surface area contributed by atoms with Crippen LogP contribution >= 0.6 is 11.6 Å². The smallest absolute Gasteiger partial charge is 0.329 e. The number of piperazine rings is 1. The first-order valence-corrected chi connectivity index (χ1v) is 12.9. The van der Waals surface area contributed by atoms with Crippen molar-refractivity contribution in [3.8, 4) is 11.7 Å². The van der Waals surface area contributed by atoms with Crippen LogP contribution in [-0.2, 0) is 19.1 Å². The van der Waals surface area contributed by atoms with E-state index in [1.54, 1.807) is 41.4 Å². The van der Waals surface area contributed by atoms with Crippen molar-refractivity contribution in [1.29, 1.82) is 0 Å². The molecular weight excluding hydrogens is 542 g/mol. The molecule has 1 fully saturated rings. The van der Waals surface area contributed by atoms with Gasteiger partial charge in [-0.05, 0) is 24.6 Å². The number of carbonyl (C=O) groups is 3. The number of benzene rings is 1. The van der Waals surface area contributed by atoms with E-state index in [4.69, 9.17) is 26.2 Å². The predicted molar refractivity (Wildman–Crippen MR) is 145 cm³/mol. The first-order valence-electron chi connectivity index (χ1n) is 12.5. The van der Waals surface area contributed by atoms with Crippen LogP contribution in [0.3, 0.4) is 0 Å². The second kappa shape index (κ2) is 13.2. The highest BCUT2D eigenvalue weighted by atomic mass is 35.5. The first-order chi connectivity index (χ1) is 19.2. The molecule has 212 valence electrons. The van der Waals surface area contributed by atoms with Crippen LogP contribution in [0.4, 0.5) is 5.82 Å². The number of carbonyl (C=O) groups excluding carboxylic acids is 2. The zero-order valence-electron chi connectivity index (χ0n) is 22.1. The number of hydrogen-bond donors (Lipinski definition) is 2. The van der Waals surface area contributed by atoms with Gasteiger partial charge < -0.3 is 29.7 Å². The number of rotatable bonds is 11. The summed E-state index contributed by atoms with van der Waals surface area (Å²) in [5.74, 6) is -0.253. The SMILES string of the molecule is COc1cccc(C(C)NC(=O)CC2CN(C(=O)COCC(=O)O)CCN2c2cc(Cl)nc(-n3ccnc3)n2)c1. The number of halogens is 1. The van der Waals surface area contributed by atoms with Gasteiger partial charge in [0.25, 0.3) is 0 Å². The lowest BCUT2D eigenvalue weighted by molar-refractivity contribution is -0.146. The number of aromatic nitrogens is 4. The molecule has 0 bridgehead atoms. The van der Waals surface area contributed by atoms with Crippen molar-refractivity contribution in [2.45, 2.75) is 25.4 Å². The second-order valence-electron chi connectivity index (χ2n) is 9.16. The summed E-state index contributed by atoms with van der Waals surface area (Å²) in [7, 11) is 1.58. The molecule has 2 N–H and O–H groups in total. The summed E-state index contributed by atoms with van der Waals surface area (Å²) in [4.78, 5) is 53.2. The van der Waals surface area contributed by atoms with E-state index in [-0.39, 0.29) is 42.6 Å². The number of hydrogen-bond acceptors (Lipinski definition) is 9. The predicted octanol–water partition coefficient (Wildman–Crippen LogP) is 1.71. The molecule has 0 aliphatic carbocycles. The molecule has 1 aliphatic rings. The van der Waals surface area contributed by atoms with Crippen LogP contribution < -0.4 is 15.0 Å². The van der Waals surface area contributed by atoms with Gasteiger partial charge in [-0.15, -0.1) is 0 Å². The molecule has 3 aromatic rings. The Kier molecular flexibility index (Phi) is 9.51. The van der Waals surface area contributed by atoms with Gasteiger partial charge in [0.2, 0.25) is 17.8 Å². The van der Waals surface area contributed by atoms with Crippen molar-refractivity contribution in [1.82, 2.24) is 29.7 Å². The topological polar surface area (TPSA) is 152 Å². The van der Waals surface area contributed by atoms with Gasteiger partial charge in [-0.25, -0.2) is 14.8 Å². The number of ether oxygens (including phenoxy) is 2. The lowest BCUT2D eigenvalue weighted by Crippen LogP contribution is -2.57. The molecule has 13 nitrogen and oxygen atoms in total. The largest absolute Gasteiger partial charge is 0.497 e. The van der Waals surface area contributed by atoms with Crippen molar-refractivity contribution in [3.63, 3.8) is 0 Å². The number of carboxylic acids is 1. The highest BCUT2D eigenvalue weighted by Crippen LogP contribution is 2.25. The molecule has 1 aliphatic heterocycles. The van der Waals surface area contributed by atoms with Crippen LogP contribution in [0.15, 0.2) is 49.1 Å². The summed E-state index contributed by atoms with van der Waals surface area (Å²) < 4.78 is 11.9. The summed E-state index contributed by atoms with van der Waals surface area (Å²) in [6.45, 7) is 1.79. The molecule has 14 heteroatoms. The quantitative estimate of drug-likeness (QED) is 0.325. The van der Waals surface area contributed by atoms with Gasteiger partial charge >= 0.3 is 5.97 Å². The highest BCUT2D eigenvalue weighted by Gasteiger charge is 2.33. The molecule has 0 spiro atoms. The Labute approximate surface area is 235 Å². The standard InChI is InChI=1S/C26H30ClN7O6/c1-17(18-4-3-5-20(10-18)39-2)29-23(35)11-19-13-32(24(36)14-40-15-25(37)38)8-9-34(19)22-12-21(27)30-26(31-22)33-7-6-28-16-33/h3-7,10,12,16-17,19H,8-9,11,13-15H2,1-2H3,(H,29,35)(H,37,38). The van der Waals surface area contributed by atoms with E-state index < -0.39 is 18.6 Å². The number of nitrogens with one attached hydrogen (secondary N) is 1. The van der Waals surface area contributed by atoms with Crippen LogP contribution in [0.1, 0.15) is 24.9 Å². The average Bonchev–Trinajstić information content (AvgIpc) is 3.48. The Hall–Kier alpha value is -4.23. The lowest BCUT2D eigenvalue weighted by atomic mass is 10.1. The molecule has 1 saturated heterocycles. The maximum absolute atomic E-state index is 13.2. The van der Waals surface area contributed by atoms with E-state index in [2.05, 4.69) is 20.3 Å². The number of carboxylic acid groups (broad SMARTS) is 1. The van der Waals surface area contributed by atoms with Crippen molar-refractivity contribution in [2.75, 3.05) is 44.9 Å². The third-order valence-electron chi connectivity index (χ3n) is 6.38. The Balaban J connectivity index is 1.53. The molecule has 2 amide bonds. The summed E-state index contributed by atoms with van der Waals surface area (Å²) >= 11 is 6.33. The zero-order chi connectivity index (χ0) is 28.6. The van der Waals surface area contributed by atoms with Gasteiger partial charge in [0.15, 0.2) is 0 Å². The number of imidazole rings is 1. The molecule has 0 radical (unpaired) electrons. The van der Waals surface area contributed by atoms with E-state index in [0.717, 1.165) is 5.56 Å². The van der Waals surface area contributed by atoms with Crippen LogP contribution in [-0.4, -0.2) is 93.3 Å². The molecule has 2 aromatic heterocycles. The highest BCUT2D eigenvalue weighted by molar-refractivity contribution is 6.29. The number of methoxy groups -OCH3 is 1. The van der Waals surface area contributed by atoms with Gasteiger partial charge in [-0.3, -0.25) is 14.2 Å². The molecule has 0 saturated carbocycles. The molecule has 4 rings (SSSR count). The summed E-state index contributed by atoms with van der Waals surface area (Å²) in [6.07, 6.45) is 4.88. The number of aliphatic carboxylic acids is 1.